The highest BCUT2D eigenvalue weighted by Crippen LogP contribution is 2.43. The molecule has 58 heavy (non-hydrogen) atoms. The molecule has 12 rings (SSSR count). The summed E-state index contributed by atoms with van der Waals surface area (Å²) in [4.78, 5) is 21.2. The largest absolute Gasteiger partial charge is 0.455 e. The zero-order chi connectivity index (χ0) is 38.2. The highest BCUT2D eigenvalue weighted by molar-refractivity contribution is 6.17. The molecular weight excluding hydrogens is 713 g/mol. The van der Waals surface area contributed by atoms with E-state index in [1.165, 1.54) is 5.39 Å². The van der Waals surface area contributed by atoms with Crippen molar-refractivity contribution in [3.05, 3.63) is 182 Å². The predicted octanol–water partition coefficient (Wildman–Crippen LogP) is 13.7. The Hall–Kier alpha value is -7.96. The fraction of sp³-hybridized carbons (Fsp3) is 0. The number of oxazole rings is 1. The number of para-hydroxylation sites is 1. The molecule has 0 saturated carbocycles. The van der Waals surface area contributed by atoms with Gasteiger partial charge in [0.05, 0.1) is 5.56 Å². The SMILES string of the molecule is c1ccc(-c2cccc(-c3nc(-c4cc5ccccc5c5ccccc45)nc(-c4c5nc(-c6ccc7ccccc7c6)oc5cc5c4oc4ccccc45)n3)c2)cc1. The number of fused-ring (bicyclic) bond motifs is 8. The molecule has 0 atom stereocenters. The Kier molecular flexibility index (Phi) is 7.13. The lowest BCUT2D eigenvalue weighted by molar-refractivity contribution is 0.620. The van der Waals surface area contributed by atoms with E-state index in [1.54, 1.807) is 0 Å². The molecule has 0 N–H and O–H groups in total. The summed E-state index contributed by atoms with van der Waals surface area (Å²) in [6.07, 6.45) is 0. The zero-order valence-electron chi connectivity index (χ0n) is 30.9. The fourth-order valence-electron chi connectivity index (χ4n) is 8.34. The van der Waals surface area contributed by atoms with E-state index in [-0.39, 0.29) is 0 Å². The van der Waals surface area contributed by atoms with Gasteiger partial charge in [-0.15, -0.1) is 0 Å². The summed E-state index contributed by atoms with van der Waals surface area (Å²) >= 11 is 0. The van der Waals surface area contributed by atoms with Crippen LogP contribution in [-0.2, 0) is 0 Å². The Morgan fingerprint density at radius 2 is 1.00 bits per heavy atom. The van der Waals surface area contributed by atoms with Crippen LogP contribution < -0.4 is 0 Å². The van der Waals surface area contributed by atoms with Crippen LogP contribution in [0.5, 0.6) is 0 Å². The second-order valence-corrected chi connectivity index (χ2v) is 14.6. The third kappa shape index (κ3) is 5.20. The van der Waals surface area contributed by atoms with Crippen LogP contribution in [0.15, 0.2) is 191 Å². The fourth-order valence-corrected chi connectivity index (χ4v) is 8.34. The van der Waals surface area contributed by atoms with Crippen LogP contribution in [0.4, 0.5) is 0 Å². The minimum atomic E-state index is 0.440. The molecule has 3 heterocycles. The first kappa shape index (κ1) is 32.3. The Balaban J connectivity index is 1.17. The molecule has 3 aromatic heterocycles. The smallest absolute Gasteiger partial charge is 0.227 e. The van der Waals surface area contributed by atoms with E-state index < -0.39 is 0 Å². The summed E-state index contributed by atoms with van der Waals surface area (Å²) < 4.78 is 13.4. The first-order valence-electron chi connectivity index (χ1n) is 19.3. The molecule has 0 fully saturated rings. The van der Waals surface area contributed by atoms with Crippen molar-refractivity contribution in [2.24, 2.45) is 0 Å². The van der Waals surface area contributed by atoms with Crippen LogP contribution in [-0.4, -0.2) is 19.9 Å². The molecule has 0 amide bonds. The highest BCUT2D eigenvalue weighted by Gasteiger charge is 2.25. The molecule has 0 spiro atoms. The average molecular weight is 743 g/mol. The van der Waals surface area contributed by atoms with Crippen LogP contribution in [0.25, 0.3) is 122 Å². The normalized spacial score (nSPS) is 11.8. The molecular formula is C52H30N4O2. The van der Waals surface area contributed by atoms with Crippen molar-refractivity contribution in [1.29, 1.82) is 0 Å². The third-order valence-electron chi connectivity index (χ3n) is 11.1. The van der Waals surface area contributed by atoms with Gasteiger partial charge in [0.25, 0.3) is 0 Å². The van der Waals surface area contributed by atoms with Crippen molar-refractivity contribution in [3.8, 4) is 56.7 Å². The molecule has 6 nitrogen and oxygen atoms in total. The van der Waals surface area contributed by atoms with Gasteiger partial charge in [0.15, 0.2) is 23.1 Å². The highest BCUT2D eigenvalue weighted by atomic mass is 16.4. The first-order chi connectivity index (χ1) is 28.7. The second-order valence-electron chi connectivity index (χ2n) is 14.6. The maximum absolute atomic E-state index is 6.73. The van der Waals surface area contributed by atoms with Gasteiger partial charge in [0.2, 0.25) is 5.89 Å². The Morgan fingerprint density at radius 3 is 1.88 bits per heavy atom. The molecule has 0 bridgehead atoms. The molecule has 12 aromatic rings. The molecule has 0 aliphatic rings. The minimum Gasteiger partial charge on any atom is -0.455 e. The molecule has 0 saturated heterocycles. The number of furan rings is 1. The molecule has 9 aromatic carbocycles. The van der Waals surface area contributed by atoms with Crippen molar-refractivity contribution < 1.29 is 8.83 Å². The van der Waals surface area contributed by atoms with Gasteiger partial charge in [0, 0.05) is 27.5 Å². The lowest BCUT2D eigenvalue weighted by atomic mass is 9.96. The monoisotopic (exact) mass is 742 g/mol. The van der Waals surface area contributed by atoms with Gasteiger partial charge < -0.3 is 8.83 Å². The van der Waals surface area contributed by atoms with Crippen molar-refractivity contribution in [2.45, 2.75) is 0 Å². The summed E-state index contributed by atoms with van der Waals surface area (Å²) in [6.45, 7) is 0. The topological polar surface area (TPSA) is 77.8 Å². The van der Waals surface area contributed by atoms with E-state index in [2.05, 4.69) is 140 Å². The van der Waals surface area contributed by atoms with Gasteiger partial charge >= 0.3 is 0 Å². The van der Waals surface area contributed by atoms with Crippen molar-refractivity contribution >= 4 is 65.4 Å². The Morgan fingerprint density at radius 1 is 0.328 bits per heavy atom. The lowest BCUT2D eigenvalue weighted by Crippen LogP contribution is -2.01. The van der Waals surface area contributed by atoms with Crippen LogP contribution >= 0.6 is 0 Å². The zero-order valence-corrected chi connectivity index (χ0v) is 30.9. The molecule has 0 radical (unpaired) electrons. The maximum Gasteiger partial charge on any atom is 0.227 e. The summed E-state index contributed by atoms with van der Waals surface area (Å²) in [6, 6.07) is 62.4. The summed E-state index contributed by atoms with van der Waals surface area (Å²) in [7, 11) is 0. The van der Waals surface area contributed by atoms with Crippen molar-refractivity contribution in [2.75, 3.05) is 0 Å². The number of hydrogen-bond acceptors (Lipinski definition) is 6. The molecule has 0 aliphatic carbocycles. The van der Waals surface area contributed by atoms with Gasteiger partial charge in [-0.25, -0.2) is 19.9 Å². The van der Waals surface area contributed by atoms with Crippen LogP contribution in [0, 0.1) is 0 Å². The average Bonchev–Trinajstić information content (AvgIpc) is 3.89. The van der Waals surface area contributed by atoms with E-state index in [0.29, 0.717) is 45.6 Å². The Bertz CT molecular complexity index is 3590. The number of nitrogens with zero attached hydrogens (tertiary/aromatic N) is 4. The van der Waals surface area contributed by atoms with Gasteiger partial charge in [0.1, 0.15) is 16.7 Å². The summed E-state index contributed by atoms with van der Waals surface area (Å²) in [5.41, 5.74) is 8.08. The van der Waals surface area contributed by atoms with E-state index in [4.69, 9.17) is 28.8 Å². The van der Waals surface area contributed by atoms with Gasteiger partial charge in [-0.3, -0.25) is 0 Å². The molecule has 0 unspecified atom stereocenters. The van der Waals surface area contributed by atoms with Gasteiger partial charge in [-0.1, -0.05) is 146 Å². The van der Waals surface area contributed by atoms with E-state index in [9.17, 15) is 0 Å². The van der Waals surface area contributed by atoms with Crippen molar-refractivity contribution in [3.63, 3.8) is 0 Å². The molecule has 6 heteroatoms. The van der Waals surface area contributed by atoms with Crippen LogP contribution in [0.2, 0.25) is 0 Å². The molecule has 0 aliphatic heterocycles. The molecule has 270 valence electrons. The van der Waals surface area contributed by atoms with Crippen molar-refractivity contribution in [1.82, 2.24) is 19.9 Å². The van der Waals surface area contributed by atoms with Gasteiger partial charge in [-0.2, -0.15) is 0 Å². The van der Waals surface area contributed by atoms with E-state index in [1.807, 2.05) is 42.5 Å². The van der Waals surface area contributed by atoms with Gasteiger partial charge in [-0.05, 0) is 79.8 Å². The second kappa shape index (κ2) is 12.8. The summed E-state index contributed by atoms with van der Waals surface area (Å²) in [5.74, 6) is 2.03. The minimum absolute atomic E-state index is 0.440. The standard InChI is InChI=1S/C52H30N4O2/c1-2-13-31(14-3-1)34-18-12-19-36(27-34)49-54-50(43-29-35-17-6-7-20-38(35)39-21-8-9-22-40(39)43)56-51(55-49)46-47-45(30-42-41-23-10-11-24-44(41)57-48(42)46)58-52(53-47)37-26-25-32-15-4-5-16-33(32)28-37/h1-30H. The number of aromatic nitrogens is 4. The predicted molar refractivity (Wildman–Crippen MR) is 234 cm³/mol. The van der Waals surface area contributed by atoms with E-state index in [0.717, 1.165) is 71.1 Å². The van der Waals surface area contributed by atoms with Crippen LogP contribution in [0.1, 0.15) is 0 Å². The quantitative estimate of drug-likeness (QED) is 0.163. The number of benzene rings is 9. The van der Waals surface area contributed by atoms with E-state index >= 15 is 0 Å². The number of hydrogen-bond donors (Lipinski definition) is 0. The summed E-state index contributed by atoms with van der Waals surface area (Å²) in [5, 5.41) is 8.57. The Labute approximate surface area is 331 Å². The van der Waals surface area contributed by atoms with Crippen LogP contribution in [0.3, 0.4) is 0 Å². The third-order valence-corrected chi connectivity index (χ3v) is 11.1. The lowest BCUT2D eigenvalue weighted by Gasteiger charge is -2.13. The maximum atomic E-state index is 6.73. The first-order valence-corrected chi connectivity index (χ1v) is 19.3. The number of rotatable bonds is 5.